The predicted octanol–water partition coefficient (Wildman–Crippen LogP) is 2.34. The standard InChI is InChI=1S/C14H12FN3O3/c1-14(13(19)16-12-6-7-20-18-12)8-11(17-21-14)9-4-2-3-5-10(9)15/h2-7H,8H2,1H3,(H,16,18,19)/t14-/m0/s1. The fourth-order valence-corrected chi connectivity index (χ4v) is 2.03. The highest BCUT2D eigenvalue weighted by Gasteiger charge is 2.43. The number of hydrogen-bond donors (Lipinski definition) is 1. The number of benzene rings is 1. The summed E-state index contributed by atoms with van der Waals surface area (Å²) in [4.78, 5) is 17.4. The van der Waals surface area contributed by atoms with Gasteiger partial charge in [-0.2, -0.15) is 0 Å². The Morgan fingerprint density at radius 2 is 2.19 bits per heavy atom. The first-order valence-corrected chi connectivity index (χ1v) is 6.30. The monoisotopic (exact) mass is 289 g/mol. The van der Waals surface area contributed by atoms with Crippen LogP contribution in [0.5, 0.6) is 0 Å². The summed E-state index contributed by atoms with van der Waals surface area (Å²) in [6.07, 6.45) is 1.51. The molecule has 0 bridgehead atoms. The zero-order valence-corrected chi connectivity index (χ0v) is 11.2. The molecule has 7 heteroatoms. The van der Waals surface area contributed by atoms with Gasteiger partial charge in [0.05, 0.1) is 5.71 Å². The van der Waals surface area contributed by atoms with E-state index in [4.69, 9.17) is 4.84 Å². The minimum Gasteiger partial charge on any atom is -0.379 e. The molecule has 1 aliphatic rings. The van der Waals surface area contributed by atoms with Gasteiger partial charge in [-0.05, 0) is 13.0 Å². The summed E-state index contributed by atoms with van der Waals surface area (Å²) in [7, 11) is 0. The molecule has 21 heavy (non-hydrogen) atoms. The molecule has 6 nitrogen and oxygen atoms in total. The van der Waals surface area contributed by atoms with Gasteiger partial charge in [0.2, 0.25) is 5.60 Å². The number of carbonyl (C=O) groups excluding carboxylic acids is 1. The van der Waals surface area contributed by atoms with E-state index >= 15 is 0 Å². The van der Waals surface area contributed by atoms with Crippen LogP contribution in [-0.2, 0) is 9.63 Å². The van der Waals surface area contributed by atoms with E-state index in [9.17, 15) is 9.18 Å². The van der Waals surface area contributed by atoms with E-state index in [1.54, 1.807) is 25.1 Å². The highest BCUT2D eigenvalue weighted by atomic mass is 19.1. The molecule has 0 saturated carbocycles. The SMILES string of the molecule is C[C@@]1(C(=O)Nc2ccon2)CC(c2ccccc2F)=NO1. The number of oxime groups is 1. The van der Waals surface area contributed by atoms with E-state index in [0.717, 1.165) is 0 Å². The summed E-state index contributed by atoms with van der Waals surface area (Å²) in [5.74, 6) is -0.545. The number of nitrogens with one attached hydrogen (secondary N) is 1. The van der Waals surface area contributed by atoms with Crippen LogP contribution in [0.15, 0.2) is 46.3 Å². The predicted molar refractivity (Wildman–Crippen MR) is 72.2 cm³/mol. The third-order valence-electron chi connectivity index (χ3n) is 3.21. The van der Waals surface area contributed by atoms with Gasteiger partial charge in [-0.25, -0.2) is 4.39 Å². The van der Waals surface area contributed by atoms with Crippen molar-refractivity contribution in [3.05, 3.63) is 48.0 Å². The van der Waals surface area contributed by atoms with E-state index in [2.05, 4.69) is 20.2 Å². The molecule has 1 atom stereocenters. The van der Waals surface area contributed by atoms with Gasteiger partial charge in [0.25, 0.3) is 5.91 Å². The fourth-order valence-electron chi connectivity index (χ4n) is 2.03. The van der Waals surface area contributed by atoms with Crippen LogP contribution in [-0.4, -0.2) is 22.4 Å². The molecule has 0 saturated heterocycles. The normalized spacial score (nSPS) is 20.8. The van der Waals surface area contributed by atoms with Crippen molar-refractivity contribution < 1.29 is 18.5 Å². The molecule has 1 amide bonds. The Balaban J connectivity index is 1.75. The van der Waals surface area contributed by atoms with Crippen molar-refractivity contribution in [1.82, 2.24) is 5.16 Å². The Morgan fingerprint density at radius 3 is 2.90 bits per heavy atom. The molecule has 2 aromatic rings. The molecule has 1 aromatic carbocycles. The lowest BCUT2D eigenvalue weighted by molar-refractivity contribution is -0.136. The lowest BCUT2D eigenvalue weighted by Gasteiger charge is -2.19. The molecule has 1 aromatic heterocycles. The molecule has 108 valence electrons. The molecule has 0 spiro atoms. The van der Waals surface area contributed by atoms with Crippen LogP contribution < -0.4 is 5.32 Å². The van der Waals surface area contributed by atoms with E-state index in [0.29, 0.717) is 11.3 Å². The largest absolute Gasteiger partial charge is 0.379 e. The summed E-state index contributed by atoms with van der Waals surface area (Å²) in [5.41, 5.74) is -0.488. The molecule has 3 rings (SSSR count). The van der Waals surface area contributed by atoms with Crippen LogP contribution >= 0.6 is 0 Å². The average Bonchev–Trinajstić information content (AvgIpc) is 3.10. The van der Waals surface area contributed by atoms with Crippen molar-refractivity contribution in [3.63, 3.8) is 0 Å². The second-order valence-corrected chi connectivity index (χ2v) is 4.86. The van der Waals surface area contributed by atoms with E-state index in [1.807, 2.05) is 0 Å². The van der Waals surface area contributed by atoms with E-state index < -0.39 is 17.3 Å². The first-order chi connectivity index (χ1) is 10.1. The number of rotatable bonds is 3. The molecule has 0 unspecified atom stereocenters. The number of aromatic nitrogens is 1. The van der Waals surface area contributed by atoms with Gasteiger partial charge in [-0.3, -0.25) is 4.79 Å². The van der Waals surface area contributed by atoms with Crippen LogP contribution in [0.3, 0.4) is 0 Å². The van der Waals surface area contributed by atoms with E-state index in [-0.39, 0.29) is 12.2 Å². The van der Waals surface area contributed by atoms with Crippen molar-refractivity contribution in [2.24, 2.45) is 5.16 Å². The first kappa shape index (κ1) is 13.3. The molecule has 0 radical (unpaired) electrons. The van der Waals surface area contributed by atoms with Gasteiger partial charge >= 0.3 is 0 Å². The average molecular weight is 289 g/mol. The maximum atomic E-state index is 13.7. The fraction of sp³-hybridized carbons (Fsp3) is 0.214. The number of carbonyl (C=O) groups is 1. The smallest absolute Gasteiger partial charge is 0.272 e. The third-order valence-corrected chi connectivity index (χ3v) is 3.21. The van der Waals surface area contributed by atoms with Crippen LogP contribution in [0.4, 0.5) is 10.2 Å². The number of amides is 1. The highest BCUT2D eigenvalue weighted by molar-refractivity contribution is 6.07. The van der Waals surface area contributed by atoms with Gasteiger partial charge < -0.3 is 14.7 Å². The quantitative estimate of drug-likeness (QED) is 0.940. The Hall–Kier alpha value is -2.70. The number of nitrogens with zero attached hydrogens (tertiary/aromatic N) is 2. The van der Waals surface area contributed by atoms with E-state index in [1.165, 1.54) is 18.4 Å². The van der Waals surface area contributed by atoms with Gasteiger partial charge in [0, 0.05) is 18.1 Å². The molecule has 1 N–H and O–H groups in total. The summed E-state index contributed by atoms with van der Waals surface area (Å²) >= 11 is 0. The molecule has 1 aliphatic heterocycles. The van der Waals surface area contributed by atoms with Crippen molar-refractivity contribution in [2.45, 2.75) is 18.9 Å². The van der Waals surface area contributed by atoms with Crippen molar-refractivity contribution in [1.29, 1.82) is 0 Å². The van der Waals surface area contributed by atoms with Crippen LogP contribution in [0.1, 0.15) is 18.9 Å². The summed E-state index contributed by atoms with van der Waals surface area (Å²) in [6.45, 7) is 1.58. The second kappa shape index (κ2) is 5.01. The summed E-state index contributed by atoms with van der Waals surface area (Å²) in [6, 6.07) is 7.73. The molecule has 0 fully saturated rings. The van der Waals surface area contributed by atoms with Crippen LogP contribution in [0.25, 0.3) is 0 Å². The number of hydrogen-bond acceptors (Lipinski definition) is 5. The minimum atomic E-state index is -1.21. The Kier molecular flexibility index (Phi) is 3.17. The van der Waals surface area contributed by atoms with Gasteiger partial charge in [0.15, 0.2) is 5.82 Å². The van der Waals surface area contributed by atoms with Gasteiger partial charge in [-0.1, -0.05) is 28.5 Å². The molecule has 0 aliphatic carbocycles. The topological polar surface area (TPSA) is 76.7 Å². The maximum Gasteiger partial charge on any atom is 0.272 e. The van der Waals surface area contributed by atoms with Gasteiger partial charge in [0.1, 0.15) is 12.1 Å². The van der Waals surface area contributed by atoms with Gasteiger partial charge in [-0.15, -0.1) is 0 Å². The molecule has 2 heterocycles. The Labute approximate surface area is 119 Å². The molecular weight excluding hydrogens is 277 g/mol. The summed E-state index contributed by atoms with van der Waals surface area (Å²) < 4.78 is 18.4. The lowest BCUT2D eigenvalue weighted by atomic mass is 9.95. The maximum absolute atomic E-state index is 13.7. The lowest BCUT2D eigenvalue weighted by Crippen LogP contribution is -2.40. The second-order valence-electron chi connectivity index (χ2n) is 4.86. The highest BCUT2D eigenvalue weighted by Crippen LogP contribution is 2.28. The summed E-state index contributed by atoms with van der Waals surface area (Å²) in [5, 5.41) is 9.99. The number of anilines is 1. The van der Waals surface area contributed by atoms with Crippen LogP contribution in [0.2, 0.25) is 0 Å². The minimum absolute atomic E-state index is 0.164. The third kappa shape index (κ3) is 2.49. The molecular formula is C14H12FN3O3. The Morgan fingerprint density at radius 1 is 1.38 bits per heavy atom. The zero-order valence-electron chi connectivity index (χ0n) is 11.2. The van der Waals surface area contributed by atoms with Crippen molar-refractivity contribution in [2.75, 3.05) is 5.32 Å². The van der Waals surface area contributed by atoms with Crippen molar-refractivity contribution >= 4 is 17.4 Å². The Bertz CT molecular complexity index is 699. The first-order valence-electron chi connectivity index (χ1n) is 6.30. The van der Waals surface area contributed by atoms with Crippen molar-refractivity contribution in [3.8, 4) is 0 Å². The number of halogens is 1. The zero-order chi connectivity index (χ0) is 14.9. The van der Waals surface area contributed by atoms with Crippen LogP contribution in [0, 0.1) is 5.82 Å².